The van der Waals surface area contributed by atoms with Gasteiger partial charge >= 0.3 is 0 Å². The summed E-state index contributed by atoms with van der Waals surface area (Å²) >= 11 is 5.30. The molecule has 31 heavy (non-hydrogen) atoms. The molecule has 0 saturated carbocycles. The molecule has 0 spiro atoms. The Kier molecular flexibility index (Phi) is 7.11. The molecule has 3 aromatic rings. The highest BCUT2D eigenvalue weighted by atomic mass is 32.1. The Balaban J connectivity index is 1.76. The van der Waals surface area contributed by atoms with Crippen LogP contribution in [0.25, 0.3) is 11.3 Å². The van der Waals surface area contributed by atoms with Gasteiger partial charge in [0.25, 0.3) is 5.91 Å². The van der Waals surface area contributed by atoms with E-state index in [4.69, 9.17) is 30.8 Å². The number of furan rings is 1. The van der Waals surface area contributed by atoms with Crippen molar-refractivity contribution in [2.24, 2.45) is 0 Å². The lowest BCUT2D eigenvalue weighted by molar-refractivity contribution is 0.0977. The monoisotopic (exact) mass is 442 g/mol. The topological polar surface area (TPSA) is 102 Å². The van der Waals surface area contributed by atoms with Crippen LogP contribution in [0.3, 0.4) is 0 Å². The molecule has 1 aromatic heterocycles. The van der Waals surface area contributed by atoms with Gasteiger partial charge in [0, 0.05) is 11.1 Å². The number of carbonyl (C=O) groups is 1. The van der Waals surface area contributed by atoms with Crippen molar-refractivity contribution in [2.75, 3.05) is 26.6 Å². The molecule has 0 aliphatic heterocycles. The first-order chi connectivity index (χ1) is 15.0. The minimum atomic E-state index is -0.410. The van der Waals surface area contributed by atoms with Gasteiger partial charge in [0.15, 0.2) is 16.6 Å². The molecule has 162 valence electrons. The van der Waals surface area contributed by atoms with E-state index in [0.717, 1.165) is 5.56 Å². The maximum atomic E-state index is 12.6. The van der Waals surface area contributed by atoms with E-state index >= 15 is 0 Å². The second kappa shape index (κ2) is 9.96. The number of anilines is 1. The third-order valence-corrected chi connectivity index (χ3v) is 4.63. The van der Waals surface area contributed by atoms with E-state index in [0.29, 0.717) is 40.0 Å². The first-order valence-electron chi connectivity index (χ1n) is 9.21. The smallest absolute Gasteiger partial charge is 0.257 e. The highest BCUT2D eigenvalue weighted by molar-refractivity contribution is 7.80. The number of aliphatic hydroxyl groups is 1. The van der Waals surface area contributed by atoms with Gasteiger partial charge in [-0.05, 0) is 60.7 Å². The Hall–Kier alpha value is -3.56. The Morgan fingerprint density at radius 3 is 2.32 bits per heavy atom. The molecular weight excluding hydrogens is 420 g/mol. The Labute approximate surface area is 184 Å². The third kappa shape index (κ3) is 5.14. The summed E-state index contributed by atoms with van der Waals surface area (Å²) in [5, 5.41) is 14.9. The molecule has 0 fully saturated rings. The zero-order chi connectivity index (χ0) is 22.4. The molecule has 1 amide bonds. The van der Waals surface area contributed by atoms with E-state index in [9.17, 15) is 9.90 Å². The molecule has 3 rings (SSSR count). The quantitative estimate of drug-likeness (QED) is 0.477. The van der Waals surface area contributed by atoms with Crippen molar-refractivity contribution >= 4 is 28.9 Å². The van der Waals surface area contributed by atoms with Gasteiger partial charge in [-0.2, -0.15) is 0 Å². The van der Waals surface area contributed by atoms with Crippen molar-refractivity contribution in [3.8, 4) is 28.6 Å². The summed E-state index contributed by atoms with van der Waals surface area (Å²) in [5.74, 6) is 2.10. The van der Waals surface area contributed by atoms with E-state index in [1.807, 2.05) is 6.07 Å². The molecule has 0 atom stereocenters. The molecule has 2 aromatic carbocycles. The van der Waals surface area contributed by atoms with Crippen LogP contribution in [-0.4, -0.2) is 37.5 Å². The van der Waals surface area contributed by atoms with Crippen LogP contribution in [0.4, 0.5) is 5.69 Å². The lowest BCUT2D eigenvalue weighted by Crippen LogP contribution is -2.34. The number of hydrogen-bond donors (Lipinski definition) is 3. The summed E-state index contributed by atoms with van der Waals surface area (Å²) in [6.45, 7) is -0.187. The second-order valence-corrected chi connectivity index (χ2v) is 6.73. The second-order valence-electron chi connectivity index (χ2n) is 6.32. The van der Waals surface area contributed by atoms with Crippen molar-refractivity contribution < 1.29 is 28.5 Å². The van der Waals surface area contributed by atoms with Gasteiger partial charge in [-0.3, -0.25) is 10.1 Å². The van der Waals surface area contributed by atoms with Gasteiger partial charge in [0.05, 0.1) is 27.0 Å². The predicted octanol–water partition coefficient (Wildman–Crippen LogP) is 3.59. The average Bonchev–Trinajstić information content (AvgIpc) is 3.27. The van der Waals surface area contributed by atoms with Crippen molar-refractivity contribution in [1.29, 1.82) is 0 Å². The van der Waals surface area contributed by atoms with Crippen LogP contribution in [0.5, 0.6) is 17.2 Å². The Morgan fingerprint density at radius 1 is 0.968 bits per heavy atom. The summed E-state index contributed by atoms with van der Waals surface area (Å²) in [5.41, 5.74) is 1.64. The SMILES string of the molecule is COc1ccc(-c2ccc(CO)o2)cc1NC(=S)NC(=O)c1ccc(OC)c(OC)c1. The average molecular weight is 442 g/mol. The van der Waals surface area contributed by atoms with Crippen LogP contribution < -0.4 is 24.8 Å². The number of amides is 1. The molecule has 9 heteroatoms. The van der Waals surface area contributed by atoms with E-state index in [1.165, 1.54) is 21.3 Å². The summed E-state index contributed by atoms with van der Waals surface area (Å²) in [6, 6.07) is 13.6. The molecule has 8 nitrogen and oxygen atoms in total. The van der Waals surface area contributed by atoms with Gasteiger partial charge in [0.1, 0.15) is 23.9 Å². The predicted molar refractivity (Wildman–Crippen MR) is 120 cm³/mol. The minimum absolute atomic E-state index is 0.0886. The number of aliphatic hydroxyl groups excluding tert-OH is 1. The van der Waals surface area contributed by atoms with Gasteiger partial charge in [-0.1, -0.05) is 0 Å². The normalized spacial score (nSPS) is 10.3. The summed E-state index contributed by atoms with van der Waals surface area (Å²) < 4.78 is 21.4. The lowest BCUT2D eigenvalue weighted by Gasteiger charge is -2.14. The fourth-order valence-corrected chi connectivity index (χ4v) is 3.09. The maximum Gasteiger partial charge on any atom is 0.257 e. The molecule has 1 heterocycles. The number of ether oxygens (including phenoxy) is 3. The zero-order valence-electron chi connectivity index (χ0n) is 17.2. The molecule has 0 saturated heterocycles. The number of thiocarbonyl (C=S) groups is 1. The fraction of sp³-hybridized carbons (Fsp3) is 0.182. The van der Waals surface area contributed by atoms with Gasteiger partial charge in [-0.15, -0.1) is 0 Å². The minimum Gasteiger partial charge on any atom is -0.495 e. The number of hydrogen-bond acceptors (Lipinski definition) is 7. The van der Waals surface area contributed by atoms with Crippen molar-refractivity contribution in [3.63, 3.8) is 0 Å². The van der Waals surface area contributed by atoms with E-state index in [1.54, 1.807) is 42.5 Å². The summed E-state index contributed by atoms with van der Waals surface area (Å²) in [6.07, 6.45) is 0. The molecule has 3 N–H and O–H groups in total. The fourth-order valence-electron chi connectivity index (χ4n) is 2.88. The van der Waals surface area contributed by atoms with Crippen LogP contribution in [0.2, 0.25) is 0 Å². The van der Waals surface area contributed by atoms with Crippen molar-refractivity contribution in [3.05, 3.63) is 59.9 Å². The third-order valence-electron chi connectivity index (χ3n) is 4.42. The zero-order valence-corrected chi connectivity index (χ0v) is 18.0. The summed E-state index contributed by atoms with van der Waals surface area (Å²) in [7, 11) is 4.54. The number of benzene rings is 2. The van der Waals surface area contributed by atoms with Crippen LogP contribution >= 0.6 is 12.2 Å². The van der Waals surface area contributed by atoms with E-state index in [-0.39, 0.29) is 11.7 Å². The van der Waals surface area contributed by atoms with Crippen molar-refractivity contribution in [1.82, 2.24) is 5.32 Å². The molecule has 0 radical (unpaired) electrons. The molecule has 0 unspecified atom stereocenters. The van der Waals surface area contributed by atoms with E-state index in [2.05, 4.69) is 10.6 Å². The standard InChI is InChI=1S/C22H22N2O6S/c1-27-18-7-4-13(17-9-6-15(12-25)30-17)10-16(18)23-22(31)24-21(26)14-5-8-19(28-2)20(11-14)29-3/h4-11,25H,12H2,1-3H3,(H2,23,24,26,31). The number of methoxy groups -OCH3 is 3. The first kappa shape index (κ1) is 22.1. The maximum absolute atomic E-state index is 12.6. The van der Waals surface area contributed by atoms with Gasteiger partial charge in [-0.25, -0.2) is 0 Å². The van der Waals surface area contributed by atoms with Crippen LogP contribution in [-0.2, 0) is 6.61 Å². The number of carbonyl (C=O) groups excluding carboxylic acids is 1. The highest BCUT2D eigenvalue weighted by Crippen LogP contribution is 2.32. The van der Waals surface area contributed by atoms with Crippen LogP contribution in [0, 0.1) is 0 Å². The molecule has 0 aliphatic rings. The number of nitrogens with one attached hydrogen (secondary N) is 2. The van der Waals surface area contributed by atoms with E-state index < -0.39 is 5.91 Å². The van der Waals surface area contributed by atoms with Crippen LogP contribution in [0.1, 0.15) is 16.1 Å². The number of rotatable bonds is 7. The van der Waals surface area contributed by atoms with Crippen molar-refractivity contribution in [2.45, 2.75) is 6.61 Å². The summed E-state index contributed by atoms with van der Waals surface area (Å²) in [4.78, 5) is 12.6. The Bertz CT molecular complexity index is 1100. The van der Waals surface area contributed by atoms with Crippen LogP contribution in [0.15, 0.2) is 52.9 Å². The highest BCUT2D eigenvalue weighted by Gasteiger charge is 2.14. The Morgan fingerprint density at radius 2 is 1.68 bits per heavy atom. The van der Waals surface area contributed by atoms with Gasteiger partial charge < -0.3 is 29.1 Å². The van der Waals surface area contributed by atoms with Gasteiger partial charge in [0.2, 0.25) is 0 Å². The molecular formula is C22H22N2O6S. The molecule has 0 aliphatic carbocycles. The first-order valence-corrected chi connectivity index (χ1v) is 9.62. The lowest BCUT2D eigenvalue weighted by atomic mass is 10.1. The largest absolute Gasteiger partial charge is 0.495 e. The molecule has 0 bridgehead atoms.